The van der Waals surface area contributed by atoms with Crippen molar-refractivity contribution in [1.29, 1.82) is 0 Å². The highest BCUT2D eigenvalue weighted by Crippen LogP contribution is 2.17. The van der Waals surface area contributed by atoms with Crippen LogP contribution in [0.5, 0.6) is 11.5 Å². The van der Waals surface area contributed by atoms with Gasteiger partial charge in [0.15, 0.2) is 0 Å². The molecule has 1 unspecified atom stereocenters. The molecule has 0 radical (unpaired) electrons. The fourth-order valence-electron chi connectivity index (χ4n) is 2.23. The second kappa shape index (κ2) is 8.84. The Morgan fingerprint density at radius 2 is 1.39 bits per heavy atom. The van der Waals surface area contributed by atoms with Gasteiger partial charge in [0.2, 0.25) is 0 Å². The third-order valence-corrected chi connectivity index (χ3v) is 3.59. The van der Waals surface area contributed by atoms with Crippen molar-refractivity contribution in [3.8, 4) is 11.5 Å². The summed E-state index contributed by atoms with van der Waals surface area (Å²) in [7, 11) is 0. The number of ether oxygens (including phenoxy) is 2. The molecule has 0 aliphatic rings. The van der Waals surface area contributed by atoms with Crippen molar-refractivity contribution in [3.63, 3.8) is 0 Å². The molecule has 0 aliphatic heterocycles. The maximum absolute atomic E-state index is 5.90. The molecular formula is C21H24O2. The minimum atomic E-state index is 0.163. The zero-order chi connectivity index (χ0) is 16.5. The fourth-order valence-corrected chi connectivity index (χ4v) is 2.23. The smallest absolute Gasteiger partial charge is 0.119 e. The Hall–Kier alpha value is -2.48. The van der Waals surface area contributed by atoms with Gasteiger partial charge in [-0.25, -0.2) is 0 Å². The number of benzene rings is 2. The first-order valence-electron chi connectivity index (χ1n) is 7.95. The minimum Gasteiger partial charge on any atom is -0.494 e. The van der Waals surface area contributed by atoms with E-state index in [4.69, 9.17) is 9.47 Å². The monoisotopic (exact) mass is 308 g/mol. The molecule has 0 fully saturated rings. The Kier molecular flexibility index (Phi) is 6.49. The average molecular weight is 308 g/mol. The highest BCUT2D eigenvalue weighted by atomic mass is 16.5. The molecule has 0 bridgehead atoms. The van der Waals surface area contributed by atoms with Gasteiger partial charge in [-0.15, -0.1) is 0 Å². The summed E-state index contributed by atoms with van der Waals surface area (Å²) in [6.45, 7) is 10.3. The molecule has 0 amide bonds. The van der Waals surface area contributed by atoms with Crippen LogP contribution in [0.25, 0.3) is 12.2 Å². The van der Waals surface area contributed by atoms with E-state index in [2.05, 4.69) is 20.1 Å². The molecule has 0 saturated carbocycles. The Bertz CT molecular complexity index is 611. The van der Waals surface area contributed by atoms with Gasteiger partial charge in [0, 0.05) is 0 Å². The summed E-state index contributed by atoms with van der Waals surface area (Å²) in [6, 6.07) is 15.9. The first kappa shape index (κ1) is 16.9. The van der Waals surface area contributed by atoms with Gasteiger partial charge in [0.05, 0.1) is 12.7 Å². The van der Waals surface area contributed by atoms with E-state index < -0.39 is 0 Å². The molecule has 0 aliphatic carbocycles. The molecule has 2 aromatic carbocycles. The maximum Gasteiger partial charge on any atom is 0.119 e. The van der Waals surface area contributed by atoms with Gasteiger partial charge in [-0.1, -0.05) is 49.6 Å². The minimum absolute atomic E-state index is 0.163. The predicted octanol–water partition coefficient (Wildman–Crippen LogP) is 5.60. The fraction of sp³-hybridized carbons (Fsp3) is 0.238. The van der Waals surface area contributed by atoms with Gasteiger partial charge in [-0.05, 0) is 55.2 Å². The van der Waals surface area contributed by atoms with E-state index in [0.717, 1.165) is 35.5 Å². The van der Waals surface area contributed by atoms with Gasteiger partial charge in [-0.2, -0.15) is 0 Å². The second-order valence-electron chi connectivity index (χ2n) is 5.47. The molecule has 2 nitrogen and oxygen atoms in total. The van der Waals surface area contributed by atoms with Crippen LogP contribution in [0, 0.1) is 0 Å². The lowest BCUT2D eigenvalue weighted by atomic mass is 10.2. The molecule has 23 heavy (non-hydrogen) atoms. The SMILES string of the molecule is C=Cc1ccc(OCCCC(C)Oc2ccc(C=C)cc2)cc1. The van der Waals surface area contributed by atoms with Crippen molar-refractivity contribution in [2.45, 2.75) is 25.9 Å². The Morgan fingerprint density at radius 1 is 0.870 bits per heavy atom. The van der Waals surface area contributed by atoms with Gasteiger partial charge < -0.3 is 9.47 Å². The molecule has 2 rings (SSSR count). The van der Waals surface area contributed by atoms with E-state index in [-0.39, 0.29) is 6.10 Å². The van der Waals surface area contributed by atoms with E-state index in [0.29, 0.717) is 6.61 Å². The highest BCUT2D eigenvalue weighted by molar-refractivity contribution is 5.48. The third kappa shape index (κ3) is 5.67. The van der Waals surface area contributed by atoms with Crippen LogP contribution in [0.1, 0.15) is 30.9 Å². The average Bonchev–Trinajstić information content (AvgIpc) is 2.60. The number of hydrogen-bond acceptors (Lipinski definition) is 2. The lowest BCUT2D eigenvalue weighted by Gasteiger charge is -2.15. The Balaban J connectivity index is 1.68. The number of rotatable bonds is 9. The number of hydrogen-bond donors (Lipinski definition) is 0. The zero-order valence-corrected chi connectivity index (χ0v) is 13.7. The maximum atomic E-state index is 5.90. The van der Waals surface area contributed by atoms with Crippen LogP contribution in [-0.2, 0) is 0 Å². The quantitative estimate of drug-likeness (QED) is 0.561. The van der Waals surface area contributed by atoms with Crippen molar-refractivity contribution < 1.29 is 9.47 Å². The van der Waals surface area contributed by atoms with Crippen molar-refractivity contribution in [3.05, 3.63) is 72.8 Å². The van der Waals surface area contributed by atoms with Gasteiger partial charge in [0.1, 0.15) is 11.5 Å². The molecule has 1 atom stereocenters. The van der Waals surface area contributed by atoms with Crippen LogP contribution in [0.2, 0.25) is 0 Å². The largest absolute Gasteiger partial charge is 0.494 e. The van der Waals surface area contributed by atoms with E-state index >= 15 is 0 Å². The van der Waals surface area contributed by atoms with Crippen molar-refractivity contribution in [1.82, 2.24) is 0 Å². The van der Waals surface area contributed by atoms with Crippen LogP contribution in [0.3, 0.4) is 0 Å². The molecule has 0 spiro atoms. The third-order valence-electron chi connectivity index (χ3n) is 3.59. The zero-order valence-electron chi connectivity index (χ0n) is 13.7. The Morgan fingerprint density at radius 3 is 1.91 bits per heavy atom. The molecule has 2 heteroatoms. The van der Waals surface area contributed by atoms with E-state index in [1.54, 1.807) is 0 Å². The standard InChI is InChI=1S/C21H24O2/c1-4-18-8-12-20(13-9-18)22-16-6-7-17(3)23-21-14-10-19(5-2)11-15-21/h4-5,8-15,17H,1-2,6-7,16H2,3H3. The molecule has 0 heterocycles. The highest BCUT2D eigenvalue weighted by Gasteiger charge is 2.04. The van der Waals surface area contributed by atoms with Gasteiger partial charge in [0.25, 0.3) is 0 Å². The summed E-state index contributed by atoms with van der Waals surface area (Å²) in [5.74, 6) is 1.79. The topological polar surface area (TPSA) is 18.5 Å². The molecule has 0 saturated heterocycles. The molecule has 2 aromatic rings. The lowest BCUT2D eigenvalue weighted by molar-refractivity contribution is 0.193. The van der Waals surface area contributed by atoms with Crippen LogP contribution in [0.4, 0.5) is 0 Å². The normalized spacial score (nSPS) is 11.5. The summed E-state index contributed by atoms with van der Waals surface area (Å²) < 4.78 is 11.6. The molecule has 120 valence electrons. The van der Waals surface area contributed by atoms with E-state index in [9.17, 15) is 0 Å². The molecule has 0 aromatic heterocycles. The van der Waals surface area contributed by atoms with Crippen molar-refractivity contribution in [2.75, 3.05) is 6.61 Å². The summed E-state index contributed by atoms with van der Waals surface area (Å²) >= 11 is 0. The first-order chi connectivity index (χ1) is 11.2. The van der Waals surface area contributed by atoms with Crippen LogP contribution in [-0.4, -0.2) is 12.7 Å². The van der Waals surface area contributed by atoms with E-state index in [1.807, 2.05) is 60.7 Å². The van der Waals surface area contributed by atoms with Crippen LogP contribution < -0.4 is 9.47 Å². The Labute approximate surface area is 139 Å². The summed E-state index contributed by atoms with van der Waals surface area (Å²) in [5, 5.41) is 0. The lowest BCUT2D eigenvalue weighted by Crippen LogP contribution is -2.13. The van der Waals surface area contributed by atoms with Gasteiger partial charge >= 0.3 is 0 Å². The summed E-state index contributed by atoms with van der Waals surface area (Å²) in [5.41, 5.74) is 2.20. The predicted molar refractivity (Wildman–Crippen MR) is 97.9 cm³/mol. The van der Waals surface area contributed by atoms with Crippen LogP contribution in [0.15, 0.2) is 61.7 Å². The summed E-state index contributed by atoms with van der Waals surface area (Å²) in [6.07, 6.45) is 5.72. The molecular weight excluding hydrogens is 284 g/mol. The van der Waals surface area contributed by atoms with Crippen molar-refractivity contribution in [2.24, 2.45) is 0 Å². The van der Waals surface area contributed by atoms with Crippen molar-refractivity contribution >= 4 is 12.2 Å². The van der Waals surface area contributed by atoms with Crippen LogP contribution >= 0.6 is 0 Å². The summed E-state index contributed by atoms with van der Waals surface area (Å²) in [4.78, 5) is 0. The second-order valence-corrected chi connectivity index (χ2v) is 5.47. The first-order valence-corrected chi connectivity index (χ1v) is 7.95. The van der Waals surface area contributed by atoms with E-state index in [1.165, 1.54) is 0 Å². The van der Waals surface area contributed by atoms with Gasteiger partial charge in [-0.3, -0.25) is 0 Å². The molecule has 0 N–H and O–H groups in total.